The molecule has 0 aliphatic rings. The minimum absolute atomic E-state index is 0.0155. The van der Waals surface area contributed by atoms with Gasteiger partial charge >= 0.3 is 6.03 Å². The third kappa shape index (κ3) is 4.33. The number of urea groups is 1. The SMILES string of the molecule is CC[C@@H](C)NC(=O)NC(=O)CSc1nc2cc3ccccc3cc2c(=O)n1C. The van der Waals surface area contributed by atoms with Crippen molar-refractivity contribution >= 4 is 45.4 Å². The van der Waals surface area contributed by atoms with Crippen LogP contribution in [-0.4, -0.2) is 33.3 Å². The molecule has 3 aromatic rings. The first-order chi connectivity index (χ1) is 13.4. The van der Waals surface area contributed by atoms with Crippen molar-refractivity contribution in [3.63, 3.8) is 0 Å². The van der Waals surface area contributed by atoms with Crippen LogP contribution in [0.3, 0.4) is 0 Å². The number of benzene rings is 2. The van der Waals surface area contributed by atoms with E-state index in [4.69, 9.17) is 0 Å². The molecule has 28 heavy (non-hydrogen) atoms. The normalized spacial score (nSPS) is 12.1. The summed E-state index contributed by atoms with van der Waals surface area (Å²) in [5, 5.41) is 7.87. The second-order valence-corrected chi connectivity index (χ2v) is 7.54. The molecule has 1 heterocycles. The number of rotatable bonds is 5. The number of amides is 3. The Balaban J connectivity index is 1.78. The molecule has 0 spiro atoms. The minimum Gasteiger partial charge on any atom is -0.335 e. The van der Waals surface area contributed by atoms with Crippen molar-refractivity contribution in [2.24, 2.45) is 7.05 Å². The smallest absolute Gasteiger partial charge is 0.321 e. The van der Waals surface area contributed by atoms with Gasteiger partial charge in [-0.2, -0.15) is 0 Å². The van der Waals surface area contributed by atoms with E-state index in [0.29, 0.717) is 16.1 Å². The number of fused-ring (bicyclic) bond motifs is 2. The first kappa shape index (κ1) is 19.9. The summed E-state index contributed by atoms with van der Waals surface area (Å²) in [7, 11) is 1.62. The third-order valence-electron chi connectivity index (χ3n) is 4.48. The van der Waals surface area contributed by atoms with Crippen LogP contribution in [-0.2, 0) is 11.8 Å². The average Bonchev–Trinajstić information content (AvgIpc) is 2.68. The maximum absolute atomic E-state index is 12.7. The highest BCUT2D eigenvalue weighted by Crippen LogP contribution is 2.22. The van der Waals surface area contributed by atoms with Crippen LogP contribution in [0.25, 0.3) is 21.7 Å². The number of thioether (sulfide) groups is 1. The second kappa shape index (κ2) is 8.43. The largest absolute Gasteiger partial charge is 0.335 e. The number of carbonyl (C=O) groups is 2. The Morgan fingerprint density at radius 3 is 2.57 bits per heavy atom. The van der Waals surface area contributed by atoms with Crippen LogP contribution in [0.5, 0.6) is 0 Å². The standard InChI is InChI=1S/C20H22N4O3S/c1-4-12(2)21-19(27)23-17(25)11-28-20-22-16-10-14-8-6-5-7-13(14)9-15(16)18(26)24(20)3/h5-10,12H,4,11H2,1-3H3,(H2,21,23,25,27)/t12-/m1/s1. The van der Waals surface area contributed by atoms with Crippen LogP contribution in [0.4, 0.5) is 4.79 Å². The van der Waals surface area contributed by atoms with Crippen molar-refractivity contribution in [2.45, 2.75) is 31.5 Å². The van der Waals surface area contributed by atoms with Crippen molar-refractivity contribution in [3.8, 4) is 0 Å². The Hall–Kier alpha value is -2.87. The molecule has 8 heteroatoms. The molecule has 7 nitrogen and oxygen atoms in total. The fraction of sp³-hybridized carbons (Fsp3) is 0.300. The molecule has 0 aliphatic carbocycles. The topological polar surface area (TPSA) is 93.1 Å². The minimum atomic E-state index is -0.522. The van der Waals surface area contributed by atoms with Gasteiger partial charge in [0.2, 0.25) is 5.91 Å². The summed E-state index contributed by atoms with van der Waals surface area (Å²) in [5.41, 5.74) is 0.410. The van der Waals surface area contributed by atoms with E-state index in [1.807, 2.05) is 50.2 Å². The number of imide groups is 1. The summed E-state index contributed by atoms with van der Waals surface area (Å²) in [4.78, 5) is 41.0. The van der Waals surface area contributed by atoms with Gasteiger partial charge in [0.25, 0.3) is 5.56 Å². The van der Waals surface area contributed by atoms with Gasteiger partial charge in [0.15, 0.2) is 5.16 Å². The highest BCUT2D eigenvalue weighted by atomic mass is 32.2. The predicted octanol–water partition coefficient (Wildman–Crippen LogP) is 2.80. The summed E-state index contributed by atoms with van der Waals surface area (Å²) in [6.45, 7) is 3.80. The summed E-state index contributed by atoms with van der Waals surface area (Å²) < 4.78 is 1.42. The van der Waals surface area contributed by atoms with Crippen LogP contribution in [0.15, 0.2) is 46.3 Å². The van der Waals surface area contributed by atoms with Crippen LogP contribution in [0.2, 0.25) is 0 Å². The van der Waals surface area contributed by atoms with Gasteiger partial charge in [-0.05, 0) is 36.2 Å². The molecule has 1 aromatic heterocycles. The zero-order valence-electron chi connectivity index (χ0n) is 16.0. The Morgan fingerprint density at radius 1 is 1.21 bits per heavy atom. The van der Waals surface area contributed by atoms with Crippen LogP contribution >= 0.6 is 11.8 Å². The molecule has 0 radical (unpaired) electrons. The van der Waals surface area contributed by atoms with Crippen molar-refractivity contribution in [2.75, 3.05) is 5.75 Å². The first-order valence-corrected chi connectivity index (χ1v) is 10.00. The second-order valence-electron chi connectivity index (χ2n) is 6.59. The van der Waals surface area contributed by atoms with E-state index in [2.05, 4.69) is 15.6 Å². The fourth-order valence-corrected chi connectivity index (χ4v) is 3.49. The number of hydrogen-bond donors (Lipinski definition) is 2. The van der Waals surface area contributed by atoms with Gasteiger partial charge in [-0.1, -0.05) is 43.0 Å². The molecule has 0 bridgehead atoms. The van der Waals surface area contributed by atoms with Crippen molar-refractivity contribution < 1.29 is 9.59 Å². The Labute approximate surface area is 166 Å². The lowest BCUT2D eigenvalue weighted by Crippen LogP contribution is -2.43. The highest BCUT2D eigenvalue weighted by Gasteiger charge is 2.14. The Morgan fingerprint density at radius 2 is 1.89 bits per heavy atom. The summed E-state index contributed by atoms with van der Waals surface area (Å²) >= 11 is 1.12. The number of hydrogen-bond acceptors (Lipinski definition) is 5. The van der Waals surface area contributed by atoms with E-state index in [-0.39, 0.29) is 17.4 Å². The zero-order valence-corrected chi connectivity index (χ0v) is 16.8. The van der Waals surface area contributed by atoms with Crippen molar-refractivity contribution in [1.29, 1.82) is 0 Å². The molecule has 0 aliphatic heterocycles. The van der Waals surface area contributed by atoms with E-state index in [0.717, 1.165) is 29.0 Å². The lowest BCUT2D eigenvalue weighted by molar-refractivity contribution is -0.117. The van der Waals surface area contributed by atoms with Gasteiger partial charge in [-0.25, -0.2) is 9.78 Å². The monoisotopic (exact) mass is 398 g/mol. The molecule has 3 rings (SSSR count). The summed E-state index contributed by atoms with van der Waals surface area (Å²) in [5.74, 6) is -0.466. The van der Waals surface area contributed by atoms with Crippen LogP contribution in [0, 0.1) is 0 Å². The van der Waals surface area contributed by atoms with E-state index >= 15 is 0 Å². The van der Waals surface area contributed by atoms with Gasteiger partial charge < -0.3 is 5.32 Å². The maximum atomic E-state index is 12.7. The predicted molar refractivity (Wildman–Crippen MR) is 112 cm³/mol. The number of nitrogens with zero attached hydrogens (tertiary/aromatic N) is 2. The molecule has 2 N–H and O–H groups in total. The molecule has 0 unspecified atom stereocenters. The fourth-order valence-electron chi connectivity index (χ4n) is 2.72. The van der Waals surface area contributed by atoms with Crippen molar-refractivity contribution in [1.82, 2.24) is 20.2 Å². The first-order valence-electron chi connectivity index (χ1n) is 9.01. The molecule has 3 amide bonds. The zero-order chi connectivity index (χ0) is 20.3. The van der Waals surface area contributed by atoms with E-state index in [1.54, 1.807) is 7.05 Å². The Kier molecular flexibility index (Phi) is 5.99. The molecule has 2 aromatic carbocycles. The number of nitrogens with one attached hydrogen (secondary N) is 2. The average molecular weight is 398 g/mol. The molecule has 1 atom stereocenters. The van der Waals surface area contributed by atoms with Gasteiger partial charge in [0, 0.05) is 13.1 Å². The number of carbonyl (C=O) groups excluding carboxylic acids is 2. The molecular weight excluding hydrogens is 376 g/mol. The lowest BCUT2D eigenvalue weighted by Gasteiger charge is -2.12. The summed E-state index contributed by atoms with van der Waals surface area (Å²) in [6, 6.07) is 10.9. The molecular formula is C20H22N4O3S. The van der Waals surface area contributed by atoms with E-state index in [1.165, 1.54) is 4.57 Å². The quantitative estimate of drug-likeness (QED) is 0.392. The van der Waals surface area contributed by atoms with Crippen LogP contribution in [0.1, 0.15) is 20.3 Å². The van der Waals surface area contributed by atoms with Gasteiger partial charge in [0.05, 0.1) is 16.7 Å². The van der Waals surface area contributed by atoms with Gasteiger partial charge in [-0.3, -0.25) is 19.5 Å². The maximum Gasteiger partial charge on any atom is 0.321 e. The Bertz CT molecular complexity index is 1110. The summed E-state index contributed by atoms with van der Waals surface area (Å²) in [6.07, 6.45) is 0.772. The van der Waals surface area contributed by atoms with Crippen LogP contribution < -0.4 is 16.2 Å². The number of aromatic nitrogens is 2. The van der Waals surface area contributed by atoms with Gasteiger partial charge in [-0.15, -0.1) is 0 Å². The highest BCUT2D eigenvalue weighted by molar-refractivity contribution is 7.99. The molecule has 0 fully saturated rings. The third-order valence-corrected chi connectivity index (χ3v) is 5.51. The molecule has 146 valence electrons. The van der Waals surface area contributed by atoms with E-state index < -0.39 is 11.9 Å². The van der Waals surface area contributed by atoms with Gasteiger partial charge in [0.1, 0.15) is 0 Å². The molecule has 0 saturated carbocycles. The van der Waals surface area contributed by atoms with E-state index in [9.17, 15) is 14.4 Å². The lowest BCUT2D eigenvalue weighted by atomic mass is 10.1. The van der Waals surface area contributed by atoms with Crippen molar-refractivity contribution in [3.05, 3.63) is 46.8 Å². The molecule has 0 saturated heterocycles.